The van der Waals surface area contributed by atoms with Gasteiger partial charge in [-0.15, -0.1) is 0 Å². The molecule has 0 radical (unpaired) electrons. The third kappa shape index (κ3) is 3.39. The Kier molecular flexibility index (Phi) is 4.94. The van der Waals surface area contributed by atoms with Crippen molar-refractivity contribution in [3.8, 4) is 0 Å². The van der Waals surface area contributed by atoms with E-state index in [0.717, 1.165) is 51.3 Å². The molecule has 2 saturated heterocycles. The SMILES string of the molecule is O=C(c1coc(CN2CCOCC2)c1)N1CCC2(CC1)c1ccccc1C[C@H]2O. The van der Waals surface area contributed by atoms with Crippen LogP contribution in [0.2, 0.25) is 0 Å². The highest BCUT2D eigenvalue weighted by Gasteiger charge is 2.48. The molecule has 1 N–H and O–H groups in total. The van der Waals surface area contributed by atoms with Crippen LogP contribution in [0.15, 0.2) is 41.0 Å². The molecule has 2 aromatic rings. The lowest BCUT2D eigenvalue weighted by Crippen LogP contribution is -2.49. The number of likely N-dealkylation sites (tertiary alicyclic amines) is 1. The van der Waals surface area contributed by atoms with E-state index in [2.05, 4.69) is 23.1 Å². The molecular weight excluding hydrogens is 368 g/mol. The van der Waals surface area contributed by atoms with Gasteiger partial charge >= 0.3 is 0 Å². The maximum atomic E-state index is 13.0. The second-order valence-electron chi connectivity index (χ2n) is 8.52. The molecule has 1 atom stereocenters. The van der Waals surface area contributed by atoms with Gasteiger partial charge in [0.2, 0.25) is 0 Å². The van der Waals surface area contributed by atoms with E-state index in [-0.39, 0.29) is 17.4 Å². The Hall–Kier alpha value is -2.15. The van der Waals surface area contributed by atoms with Crippen molar-refractivity contribution in [1.29, 1.82) is 0 Å². The molecule has 0 bridgehead atoms. The summed E-state index contributed by atoms with van der Waals surface area (Å²) in [5.74, 6) is 0.849. The van der Waals surface area contributed by atoms with Crippen LogP contribution < -0.4 is 0 Å². The van der Waals surface area contributed by atoms with Gasteiger partial charge in [0.15, 0.2) is 0 Å². The molecular formula is C23H28N2O4. The Labute approximate surface area is 171 Å². The molecule has 29 heavy (non-hydrogen) atoms. The predicted molar refractivity (Wildman–Crippen MR) is 108 cm³/mol. The first-order valence-corrected chi connectivity index (χ1v) is 10.6. The number of piperidine rings is 1. The number of furan rings is 1. The van der Waals surface area contributed by atoms with Crippen molar-refractivity contribution in [2.24, 2.45) is 0 Å². The van der Waals surface area contributed by atoms with Crippen LogP contribution in [0.25, 0.3) is 0 Å². The maximum Gasteiger partial charge on any atom is 0.257 e. The number of ether oxygens (including phenoxy) is 1. The van der Waals surface area contributed by atoms with E-state index in [1.165, 1.54) is 11.1 Å². The molecule has 1 aromatic heterocycles. The summed E-state index contributed by atoms with van der Waals surface area (Å²) in [6, 6.07) is 10.2. The van der Waals surface area contributed by atoms with Crippen molar-refractivity contribution in [3.63, 3.8) is 0 Å². The maximum absolute atomic E-state index is 13.0. The third-order valence-electron chi connectivity index (χ3n) is 6.93. The van der Waals surface area contributed by atoms with Crippen molar-refractivity contribution in [2.75, 3.05) is 39.4 Å². The highest BCUT2D eigenvalue weighted by molar-refractivity contribution is 5.94. The zero-order chi connectivity index (χ0) is 19.8. The van der Waals surface area contributed by atoms with Crippen LogP contribution in [0.1, 0.15) is 40.1 Å². The summed E-state index contributed by atoms with van der Waals surface area (Å²) in [7, 11) is 0. The topological polar surface area (TPSA) is 66.2 Å². The van der Waals surface area contributed by atoms with Crippen LogP contribution >= 0.6 is 0 Å². The molecule has 1 spiro atoms. The zero-order valence-electron chi connectivity index (χ0n) is 16.7. The number of fused-ring (bicyclic) bond motifs is 2. The zero-order valence-corrected chi connectivity index (χ0v) is 16.7. The van der Waals surface area contributed by atoms with Gasteiger partial charge in [-0.1, -0.05) is 24.3 Å². The fourth-order valence-electron chi connectivity index (χ4n) is 5.22. The summed E-state index contributed by atoms with van der Waals surface area (Å²) < 4.78 is 11.0. The minimum atomic E-state index is -0.355. The van der Waals surface area contributed by atoms with E-state index in [1.54, 1.807) is 6.26 Å². The van der Waals surface area contributed by atoms with Crippen LogP contribution in [0.3, 0.4) is 0 Å². The fraction of sp³-hybridized carbons (Fsp3) is 0.522. The van der Waals surface area contributed by atoms with E-state index < -0.39 is 0 Å². The summed E-state index contributed by atoms with van der Waals surface area (Å²) >= 11 is 0. The average Bonchev–Trinajstić information content (AvgIpc) is 3.32. The van der Waals surface area contributed by atoms with E-state index in [1.807, 2.05) is 17.0 Å². The Morgan fingerprint density at radius 1 is 1.14 bits per heavy atom. The minimum Gasteiger partial charge on any atom is -0.467 e. The number of carbonyl (C=O) groups is 1. The monoisotopic (exact) mass is 396 g/mol. The number of aliphatic hydroxyl groups excluding tert-OH is 1. The van der Waals surface area contributed by atoms with Crippen molar-refractivity contribution in [3.05, 3.63) is 59.0 Å². The van der Waals surface area contributed by atoms with Crippen LogP contribution in [0, 0.1) is 0 Å². The lowest BCUT2D eigenvalue weighted by Gasteiger charge is -2.42. The molecule has 3 aliphatic rings. The number of hydrogen-bond donors (Lipinski definition) is 1. The first-order valence-electron chi connectivity index (χ1n) is 10.6. The van der Waals surface area contributed by atoms with Gasteiger partial charge in [-0.3, -0.25) is 9.69 Å². The largest absolute Gasteiger partial charge is 0.467 e. The molecule has 6 heteroatoms. The minimum absolute atomic E-state index is 0.0256. The lowest BCUT2D eigenvalue weighted by molar-refractivity contribution is 0.0313. The number of aliphatic hydroxyl groups is 1. The van der Waals surface area contributed by atoms with Gasteiger partial charge in [0.25, 0.3) is 5.91 Å². The van der Waals surface area contributed by atoms with Gasteiger partial charge in [0, 0.05) is 31.6 Å². The van der Waals surface area contributed by atoms with Crippen LogP contribution in [-0.2, 0) is 23.1 Å². The quantitative estimate of drug-likeness (QED) is 0.862. The summed E-state index contributed by atoms with van der Waals surface area (Å²) in [5, 5.41) is 10.8. The molecule has 1 amide bonds. The molecule has 0 unspecified atom stereocenters. The Morgan fingerprint density at radius 2 is 1.90 bits per heavy atom. The van der Waals surface area contributed by atoms with E-state index >= 15 is 0 Å². The molecule has 0 saturated carbocycles. The Balaban J connectivity index is 1.24. The lowest BCUT2D eigenvalue weighted by atomic mass is 9.72. The summed E-state index contributed by atoms with van der Waals surface area (Å²) in [4.78, 5) is 17.2. The van der Waals surface area contributed by atoms with Crippen molar-refractivity contribution in [1.82, 2.24) is 9.80 Å². The van der Waals surface area contributed by atoms with E-state index in [4.69, 9.17) is 9.15 Å². The molecule has 154 valence electrons. The van der Waals surface area contributed by atoms with E-state index in [9.17, 15) is 9.90 Å². The third-order valence-corrected chi connectivity index (χ3v) is 6.93. The second kappa shape index (κ2) is 7.59. The summed E-state index contributed by atoms with van der Waals surface area (Å²) in [6.45, 7) is 5.31. The first kappa shape index (κ1) is 18.9. The highest BCUT2D eigenvalue weighted by Crippen LogP contribution is 2.46. The molecule has 1 aromatic carbocycles. The van der Waals surface area contributed by atoms with Crippen LogP contribution in [0.4, 0.5) is 0 Å². The van der Waals surface area contributed by atoms with Gasteiger partial charge < -0.3 is 19.2 Å². The molecule has 6 nitrogen and oxygen atoms in total. The number of rotatable bonds is 3. The van der Waals surface area contributed by atoms with E-state index in [0.29, 0.717) is 25.2 Å². The summed E-state index contributed by atoms with van der Waals surface area (Å²) in [6.07, 6.45) is 3.55. The van der Waals surface area contributed by atoms with Gasteiger partial charge in [0.05, 0.1) is 31.4 Å². The fourth-order valence-corrected chi connectivity index (χ4v) is 5.22. The second-order valence-corrected chi connectivity index (χ2v) is 8.52. The predicted octanol–water partition coefficient (Wildman–Crippen LogP) is 2.20. The van der Waals surface area contributed by atoms with Crippen molar-refractivity contribution >= 4 is 5.91 Å². The molecule has 1 aliphatic carbocycles. The Bertz CT molecular complexity index is 879. The number of nitrogens with zero attached hydrogens (tertiary/aromatic N) is 2. The number of morpholine rings is 1. The van der Waals surface area contributed by atoms with Gasteiger partial charge in [0.1, 0.15) is 12.0 Å². The van der Waals surface area contributed by atoms with Crippen LogP contribution in [-0.4, -0.2) is 66.3 Å². The smallest absolute Gasteiger partial charge is 0.257 e. The van der Waals surface area contributed by atoms with Crippen molar-refractivity contribution in [2.45, 2.75) is 37.3 Å². The average molecular weight is 396 g/mol. The van der Waals surface area contributed by atoms with Crippen molar-refractivity contribution < 1.29 is 19.1 Å². The number of hydrogen-bond acceptors (Lipinski definition) is 5. The molecule has 2 fully saturated rings. The number of benzene rings is 1. The molecule has 2 aliphatic heterocycles. The standard InChI is InChI=1S/C23H28N2O4/c26-21-14-17-3-1-2-4-20(17)23(21)5-7-25(8-6-23)22(27)18-13-19(29-16-18)15-24-9-11-28-12-10-24/h1-4,13,16,21,26H,5-12,14-15H2/t21-/m1/s1. The van der Waals surface area contributed by atoms with Gasteiger partial charge in [-0.25, -0.2) is 0 Å². The highest BCUT2D eigenvalue weighted by atomic mass is 16.5. The summed E-state index contributed by atoms with van der Waals surface area (Å²) in [5.41, 5.74) is 2.94. The molecule has 3 heterocycles. The number of carbonyl (C=O) groups excluding carboxylic acids is 1. The van der Waals surface area contributed by atoms with Gasteiger partial charge in [-0.05, 0) is 36.5 Å². The van der Waals surface area contributed by atoms with Crippen LogP contribution in [0.5, 0.6) is 0 Å². The Morgan fingerprint density at radius 3 is 2.69 bits per heavy atom. The normalized spacial score (nSPS) is 24.0. The number of amides is 1. The van der Waals surface area contributed by atoms with Gasteiger partial charge in [-0.2, -0.15) is 0 Å². The molecule has 5 rings (SSSR count). The first-order chi connectivity index (χ1) is 14.2.